The van der Waals surface area contributed by atoms with E-state index in [4.69, 9.17) is 5.11 Å². The standard InChI is InChI=1S/C24H30N4O8S/c1-15(2)13-21(27-37(35,36)19-11-9-18(10-12-19)28(33)34)23(30)26-20(14-17-7-5-4-6-8-17)22(29)25-16(3)24(31)32/h4-12,15-16,20-21,27H,13-14H2,1-3H3,(H,25,29)(H,26,30)(H,31,32)/t16-,20-,21-/m0/s1. The number of nitro groups is 1. The van der Waals surface area contributed by atoms with Crippen molar-refractivity contribution in [1.82, 2.24) is 15.4 Å². The molecule has 0 aromatic heterocycles. The topological polar surface area (TPSA) is 185 Å². The van der Waals surface area contributed by atoms with Gasteiger partial charge in [-0.05, 0) is 37.0 Å². The number of hydrogen-bond acceptors (Lipinski definition) is 7. The summed E-state index contributed by atoms with van der Waals surface area (Å²) in [7, 11) is -4.25. The summed E-state index contributed by atoms with van der Waals surface area (Å²) in [4.78, 5) is 47.2. The Morgan fingerprint density at radius 3 is 2.00 bits per heavy atom. The van der Waals surface area contributed by atoms with Crippen molar-refractivity contribution in [2.75, 3.05) is 0 Å². The van der Waals surface area contributed by atoms with Crippen molar-refractivity contribution in [2.45, 2.75) is 56.6 Å². The average molecular weight is 535 g/mol. The van der Waals surface area contributed by atoms with Crippen molar-refractivity contribution in [1.29, 1.82) is 0 Å². The van der Waals surface area contributed by atoms with E-state index in [9.17, 15) is 32.9 Å². The molecule has 0 aliphatic carbocycles. The fourth-order valence-corrected chi connectivity index (χ4v) is 4.60. The van der Waals surface area contributed by atoms with Gasteiger partial charge in [0.2, 0.25) is 21.8 Å². The summed E-state index contributed by atoms with van der Waals surface area (Å²) >= 11 is 0. The van der Waals surface area contributed by atoms with Gasteiger partial charge in [-0.2, -0.15) is 4.72 Å². The highest BCUT2D eigenvalue weighted by atomic mass is 32.2. The lowest BCUT2D eigenvalue weighted by Gasteiger charge is -2.25. The molecule has 0 aliphatic rings. The minimum atomic E-state index is -4.25. The number of sulfonamides is 1. The number of carbonyl (C=O) groups is 3. The van der Waals surface area contributed by atoms with Crippen molar-refractivity contribution in [3.63, 3.8) is 0 Å². The summed E-state index contributed by atoms with van der Waals surface area (Å²) in [5.74, 6) is -2.90. The quantitative estimate of drug-likeness (QED) is 0.220. The normalized spacial score (nSPS) is 13.8. The highest BCUT2D eigenvalue weighted by Gasteiger charge is 2.31. The molecule has 4 N–H and O–H groups in total. The second-order valence-electron chi connectivity index (χ2n) is 8.87. The molecule has 12 nitrogen and oxygen atoms in total. The zero-order valence-electron chi connectivity index (χ0n) is 20.6. The molecule has 2 aromatic carbocycles. The number of non-ortho nitro benzene ring substituents is 1. The minimum absolute atomic E-state index is 0.0360. The highest BCUT2D eigenvalue weighted by Crippen LogP contribution is 2.17. The molecule has 0 heterocycles. The number of nitrogens with one attached hydrogen (secondary N) is 3. The molecule has 37 heavy (non-hydrogen) atoms. The van der Waals surface area contributed by atoms with Gasteiger partial charge in [0.25, 0.3) is 5.69 Å². The Labute approximate surface area is 214 Å². The van der Waals surface area contributed by atoms with Gasteiger partial charge in [-0.15, -0.1) is 0 Å². The Morgan fingerprint density at radius 1 is 0.919 bits per heavy atom. The van der Waals surface area contributed by atoms with Crippen LogP contribution < -0.4 is 15.4 Å². The molecule has 0 saturated carbocycles. The van der Waals surface area contributed by atoms with E-state index in [-0.39, 0.29) is 29.3 Å². The number of rotatable bonds is 13. The lowest BCUT2D eigenvalue weighted by Crippen LogP contribution is -2.56. The van der Waals surface area contributed by atoms with E-state index < -0.39 is 50.9 Å². The molecule has 0 radical (unpaired) electrons. The van der Waals surface area contributed by atoms with Gasteiger partial charge in [-0.1, -0.05) is 44.2 Å². The van der Waals surface area contributed by atoms with Crippen LogP contribution in [0.5, 0.6) is 0 Å². The second kappa shape index (κ2) is 12.9. The number of aliphatic carboxylic acids is 1. The van der Waals surface area contributed by atoms with Crippen molar-refractivity contribution in [3.8, 4) is 0 Å². The Balaban J connectivity index is 2.29. The van der Waals surface area contributed by atoms with Gasteiger partial charge in [0.15, 0.2) is 0 Å². The Kier molecular flexibility index (Phi) is 10.3. The maximum atomic E-state index is 13.2. The first-order valence-corrected chi connectivity index (χ1v) is 12.9. The molecule has 0 unspecified atom stereocenters. The second-order valence-corrected chi connectivity index (χ2v) is 10.6. The fraction of sp³-hybridized carbons (Fsp3) is 0.375. The molecular formula is C24H30N4O8S. The number of hydrogen-bond donors (Lipinski definition) is 4. The van der Waals surface area contributed by atoms with Gasteiger partial charge in [-0.3, -0.25) is 24.5 Å². The maximum Gasteiger partial charge on any atom is 0.325 e. The number of nitro benzene ring substituents is 1. The van der Waals surface area contributed by atoms with Crippen LogP contribution in [-0.4, -0.2) is 54.4 Å². The van der Waals surface area contributed by atoms with E-state index in [1.54, 1.807) is 44.2 Å². The van der Waals surface area contributed by atoms with Crippen LogP contribution >= 0.6 is 0 Å². The lowest BCUT2D eigenvalue weighted by molar-refractivity contribution is -0.384. The zero-order valence-corrected chi connectivity index (χ0v) is 21.4. The molecular weight excluding hydrogens is 504 g/mol. The van der Waals surface area contributed by atoms with Gasteiger partial charge in [0.1, 0.15) is 18.1 Å². The molecule has 0 saturated heterocycles. The predicted molar refractivity (Wildman–Crippen MR) is 134 cm³/mol. The largest absolute Gasteiger partial charge is 0.480 e. The summed E-state index contributed by atoms with van der Waals surface area (Å²) in [6.07, 6.45) is 0.123. The van der Waals surface area contributed by atoms with Crippen LogP contribution in [0.4, 0.5) is 5.69 Å². The molecule has 2 aromatic rings. The first kappa shape index (κ1) is 29.4. The minimum Gasteiger partial charge on any atom is -0.480 e. The first-order valence-electron chi connectivity index (χ1n) is 11.4. The van der Waals surface area contributed by atoms with Crippen molar-refractivity contribution in [3.05, 3.63) is 70.3 Å². The maximum absolute atomic E-state index is 13.2. The number of nitrogens with zero attached hydrogens (tertiary/aromatic N) is 1. The van der Waals surface area contributed by atoms with E-state index in [1.807, 2.05) is 0 Å². The number of carboxylic acid groups (broad SMARTS) is 1. The third-order valence-corrected chi connectivity index (χ3v) is 6.81. The third-order valence-electron chi connectivity index (χ3n) is 5.32. The Hall–Kier alpha value is -3.84. The number of carboxylic acids is 1. The summed E-state index contributed by atoms with van der Waals surface area (Å²) < 4.78 is 28.2. The van der Waals surface area contributed by atoms with Gasteiger partial charge in [0.05, 0.1) is 9.82 Å². The SMILES string of the molecule is CC(C)C[C@H](NS(=O)(=O)c1ccc([N+](=O)[O-])cc1)C(=O)N[C@@H](Cc1ccccc1)C(=O)N[C@@H](C)C(=O)O. The van der Waals surface area contributed by atoms with E-state index in [0.29, 0.717) is 5.56 Å². The third kappa shape index (κ3) is 8.95. The van der Waals surface area contributed by atoms with Crippen LogP contribution in [-0.2, 0) is 30.8 Å². The first-order chi connectivity index (χ1) is 17.3. The van der Waals surface area contributed by atoms with Crippen LogP contribution in [0.15, 0.2) is 59.5 Å². The highest BCUT2D eigenvalue weighted by molar-refractivity contribution is 7.89. The zero-order chi connectivity index (χ0) is 27.8. The fourth-order valence-electron chi connectivity index (χ4n) is 3.39. The van der Waals surface area contributed by atoms with Crippen molar-refractivity contribution in [2.24, 2.45) is 5.92 Å². The predicted octanol–water partition coefficient (Wildman–Crippen LogP) is 1.60. The number of benzene rings is 2. The molecule has 0 spiro atoms. The summed E-state index contributed by atoms with van der Waals surface area (Å²) in [5, 5.41) is 24.9. The molecule has 0 aliphatic heterocycles. The van der Waals surface area contributed by atoms with Gasteiger partial charge in [-0.25, -0.2) is 8.42 Å². The number of amides is 2. The monoisotopic (exact) mass is 534 g/mol. The van der Waals surface area contributed by atoms with Crippen LogP contribution in [0.3, 0.4) is 0 Å². The average Bonchev–Trinajstić information content (AvgIpc) is 2.83. The van der Waals surface area contributed by atoms with E-state index in [1.165, 1.54) is 6.92 Å². The molecule has 2 amide bonds. The molecule has 2 rings (SSSR count). The molecule has 13 heteroatoms. The van der Waals surface area contributed by atoms with Crippen molar-refractivity contribution < 1.29 is 32.8 Å². The van der Waals surface area contributed by atoms with Gasteiger partial charge in [0, 0.05) is 18.6 Å². The molecule has 0 fully saturated rings. The van der Waals surface area contributed by atoms with Crippen molar-refractivity contribution >= 4 is 33.5 Å². The lowest BCUT2D eigenvalue weighted by atomic mass is 10.0. The van der Waals surface area contributed by atoms with E-state index >= 15 is 0 Å². The van der Waals surface area contributed by atoms with E-state index in [2.05, 4.69) is 15.4 Å². The van der Waals surface area contributed by atoms with Gasteiger partial charge >= 0.3 is 5.97 Å². The smallest absolute Gasteiger partial charge is 0.325 e. The van der Waals surface area contributed by atoms with Gasteiger partial charge < -0.3 is 15.7 Å². The molecule has 200 valence electrons. The Bertz CT molecular complexity index is 1220. The van der Waals surface area contributed by atoms with Crippen LogP contribution in [0.1, 0.15) is 32.8 Å². The van der Waals surface area contributed by atoms with Crippen LogP contribution in [0.25, 0.3) is 0 Å². The summed E-state index contributed by atoms with van der Waals surface area (Å²) in [6, 6.07) is 9.24. The van der Waals surface area contributed by atoms with Crippen LogP contribution in [0, 0.1) is 16.0 Å². The summed E-state index contributed by atoms with van der Waals surface area (Å²) in [5.41, 5.74) is 0.401. The Morgan fingerprint density at radius 2 is 1.49 bits per heavy atom. The van der Waals surface area contributed by atoms with Crippen LogP contribution in [0.2, 0.25) is 0 Å². The van der Waals surface area contributed by atoms with E-state index in [0.717, 1.165) is 24.3 Å². The molecule has 3 atom stereocenters. The molecule has 0 bridgehead atoms. The number of carbonyl (C=O) groups excluding carboxylic acids is 2. The summed E-state index contributed by atoms with van der Waals surface area (Å²) in [6.45, 7) is 4.84.